The molecule has 9 nitrogen and oxygen atoms in total. The fraction of sp³-hybridized carbons (Fsp3) is 0.667. The standard InChI is InChI=1S/C15H21ClN5O4PS/c1-3-24-26(2,27)25-5-15-4-7(15)9(10(22)11(15)23)21-6-18-8-12(17)19-14(16)20-13(8)21/h6-7,9-11,22-23H,3-5H2,1-2H3,(H2,17,19,20)/t7-,9-,10+,11+,15-,26?/m1/s1. The highest BCUT2D eigenvalue weighted by Crippen LogP contribution is 2.69. The third-order valence-corrected chi connectivity index (χ3v) is 7.65. The van der Waals surface area contributed by atoms with Crippen LogP contribution in [-0.4, -0.2) is 61.8 Å². The first-order valence-electron chi connectivity index (χ1n) is 8.58. The van der Waals surface area contributed by atoms with Crippen LogP contribution in [-0.2, 0) is 20.9 Å². The van der Waals surface area contributed by atoms with E-state index in [-0.39, 0.29) is 23.6 Å². The first kappa shape index (κ1) is 19.4. The Balaban J connectivity index is 1.63. The van der Waals surface area contributed by atoms with E-state index >= 15 is 0 Å². The first-order chi connectivity index (χ1) is 12.7. The van der Waals surface area contributed by atoms with E-state index in [0.717, 1.165) is 0 Å². The summed E-state index contributed by atoms with van der Waals surface area (Å²) < 4.78 is 13.1. The third kappa shape index (κ3) is 3.07. The minimum Gasteiger partial charge on any atom is -0.390 e. The number of aromatic nitrogens is 4. The van der Waals surface area contributed by atoms with Gasteiger partial charge in [-0.15, -0.1) is 0 Å². The Morgan fingerprint density at radius 3 is 2.89 bits per heavy atom. The van der Waals surface area contributed by atoms with Crippen molar-refractivity contribution in [3.05, 3.63) is 11.6 Å². The van der Waals surface area contributed by atoms with E-state index in [1.807, 2.05) is 6.92 Å². The molecule has 6 atom stereocenters. The maximum absolute atomic E-state index is 10.7. The summed E-state index contributed by atoms with van der Waals surface area (Å²) in [6.45, 7) is 1.97. The molecule has 2 aromatic heterocycles. The van der Waals surface area contributed by atoms with Crippen LogP contribution in [0, 0.1) is 11.3 Å². The van der Waals surface area contributed by atoms with Crippen LogP contribution < -0.4 is 5.73 Å². The number of nitrogens with two attached hydrogens (primary N) is 1. The summed E-state index contributed by atoms with van der Waals surface area (Å²) in [4.78, 5) is 12.3. The van der Waals surface area contributed by atoms with Gasteiger partial charge < -0.3 is 29.6 Å². The molecule has 4 rings (SSSR count). The minimum atomic E-state index is -2.37. The lowest BCUT2D eigenvalue weighted by Gasteiger charge is -2.25. The van der Waals surface area contributed by atoms with Crippen molar-refractivity contribution in [1.82, 2.24) is 19.5 Å². The zero-order valence-electron chi connectivity index (χ0n) is 14.8. The number of imidazole rings is 1. The van der Waals surface area contributed by atoms with Gasteiger partial charge in [0.25, 0.3) is 0 Å². The maximum Gasteiger partial charge on any atom is 0.226 e. The van der Waals surface area contributed by atoms with Gasteiger partial charge in [0.05, 0.1) is 31.7 Å². The maximum atomic E-state index is 10.7. The highest BCUT2D eigenvalue weighted by atomic mass is 35.5. The quantitative estimate of drug-likeness (QED) is 0.456. The van der Waals surface area contributed by atoms with Crippen molar-refractivity contribution in [2.24, 2.45) is 11.3 Å². The van der Waals surface area contributed by atoms with Crippen LogP contribution in [0.15, 0.2) is 6.33 Å². The van der Waals surface area contributed by atoms with Crippen molar-refractivity contribution in [1.29, 1.82) is 0 Å². The molecule has 0 saturated heterocycles. The lowest BCUT2D eigenvalue weighted by atomic mass is 10.0. The number of aliphatic hydroxyl groups is 2. The fourth-order valence-electron chi connectivity index (χ4n) is 4.16. The van der Waals surface area contributed by atoms with Crippen molar-refractivity contribution in [3.8, 4) is 0 Å². The Bertz CT molecular complexity index is 944. The molecule has 27 heavy (non-hydrogen) atoms. The molecular weight excluding hydrogens is 413 g/mol. The number of halogens is 1. The van der Waals surface area contributed by atoms with Crippen molar-refractivity contribution >= 4 is 46.9 Å². The van der Waals surface area contributed by atoms with Crippen LogP contribution in [0.1, 0.15) is 19.4 Å². The molecule has 0 bridgehead atoms. The topological polar surface area (TPSA) is 129 Å². The average Bonchev–Trinajstić information content (AvgIpc) is 3.09. The monoisotopic (exact) mass is 433 g/mol. The molecule has 4 N–H and O–H groups in total. The third-order valence-electron chi connectivity index (χ3n) is 5.53. The van der Waals surface area contributed by atoms with E-state index in [2.05, 4.69) is 15.0 Å². The Labute approximate surface area is 166 Å². The molecule has 0 spiro atoms. The number of hydrogen-bond acceptors (Lipinski definition) is 9. The summed E-state index contributed by atoms with van der Waals surface area (Å²) in [5.41, 5.74) is 6.15. The molecule has 2 aromatic rings. The molecule has 12 heteroatoms. The average molecular weight is 434 g/mol. The van der Waals surface area contributed by atoms with Gasteiger partial charge in [0.2, 0.25) is 5.28 Å². The molecule has 2 heterocycles. The largest absolute Gasteiger partial charge is 0.390 e. The van der Waals surface area contributed by atoms with E-state index in [1.54, 1.807) is 17.6 Å². The predicted molar refractivity (Wildman–Crippen MR) is 104 cm³/mol. The molecule has 2 saturated carbocycles. The summed E-state index contributed by atoms with van der Waals surface area (Å²) in [5, 5.41) is 21.4. The van der Waals surface area contributed by atoms with Crippen LogP contribution >= 0.6 is 18.1 Å². The fourth-order valence-corrected chi connectivity index (χ4v) is 5.83. The van der Waals surface area contributed by atoms with Gasteiger partial charge >= 0.3 is 0 Å². The number of nitrogens with zero attached hydrogens (tertiary/aromatic N) is 4. The molecule has 2 aliphatic rings. The Morgan fingerprint density at radius 2 is 2.19 bits per heavy atom. The Kier molecular flexibility index (Phi) is 4.74. The second-order valence-electron chi connectivity index (χ2n) is 7.13. The number of hydrogen-bond donors (Lipinski definition) is 3. The van der Waals surface area contributed by atoms with Crippen LogP contribution in [0.2, 0.25) is 5.28 Å². The Hall–Kier alpha value is -0.870. The molecule has 0 amide bonds. The number of anilines is 1. The highest BCUT2D eigenvalue weighted by molar-refractivity contribution is 8.09. The van der Waals surface area contributed by atoms with Gasteiger partial charge in [-0.25, -0.2) is 4.98 Å². The van der Waals surface area contributed by atoms with Gasteiger partial charge in [0, 0.05) is 12.1 Å². The van der Waals surface area contributed by atoms with Crippen molar-refractivity contribution in [3.63, 3.8) is 0 Å². The van der Waals surface area contributed by atoms with Gasteiger partial charge in [0.1, 0.15) is 11.6 Å². The van der Waals surface area contributed by atoms with E-state index in [0.29, 0.717) is 24.2 Å². The number of fused-ring (bicyclic) bond motifs is 2. The SMILES string of the molecule is CCOP(C)(=S)OC[C@]12C[C@@H]1[C@@H](n1cnc3c(N)nc(Cl)nc31)[C@H](O)[C@@H]2O. The van der Waals surface area contributed by atoms with Gasteiger partial charge in [0.15, 0.2) is 18.0 Å². The van der Waals surface area contributed by atoms with Crippen LogP contribution in [0.25, 0.3) is 11.2 Å². The van der Waals surface area contributed by atoms with E-state index in [1.165, 1.54) is 0 Å². The van der Waals surface area contributed by atoms with Gasteiger partial charge in [-0.3, -0.25) is 0 Å². The van der Waals surface area contributed by atoms with Crippen molar-refractivity contribution in [2.75, 3.05) is 25.6 Å². The van der Waals surface area contributed by atoms with Gasteiger partial charge in [-0.2, -0.15) is 9.97 Å². The van der Waals surface area contributed by atoms with E-state index in [4.69, 9.17) is 38.2 Å². The molecule has 0 aliphatic heterocycles. The van der Waals surface area contributed by atoms with Crippen LogP contribution in [0.3, 0.4) is 0 Å². The van der Waals surface area contributed by atoms with Gasteiger partial charge in [-0.05, 0) is 42.7 Å². The highest BCUT2D eigenvalue weighted by Gasteiger charge is 2.71. The summed E-state index contributed by atoms with van der Waals surface area (Å²) in [6, 6.07) is -0.416. The predicted octanol–water partition coefficient (Wildman–Crippen LogP) is 1.34. The molecule has 148 valence electrons. The number of nitrogen functional groups attached to an aromatic ring is 1. The molecule has 0 radical (unpaired) electrons. The Morgan fingerprint density at radius 1 is 1.44 bits per heavy atom. The summed E-state index contributed by atoms with van der Waals surface area (Å²) in [6.07, 6.45) is 0.301. The molecule has 2 aliphatic carbocycles. The smallest absolute Gasteiger partial charge is 0.226 e. The molecule has 1 unspecified atom stereocenters. The number of rotatable bonds is 6. The van der Waals surface area contributed by atoms with Crippen molar-refractivity contribution < 1.29 is 19.3 Å². The lowest BCUT2D eigenvalue weighted by molar-refractivity contribution is -0.0275. The van der Waals surface area contributed by atoms with Crippen molar-refractivity contribution in [2.45, 2.75) is 31.6 Å². The van der Waals surface area contributed by atoms with E-state index < -0.39 is 30.2 Å². The zero-order chi connectivity index (χ0) is 19.6. The molecule has 2 fully saturated rings. The number of aliphatic hydroxyl groups excluding tert-OH is 2. The first-order valence-corrected chi connectivity index (χ1v) is 12.0. The normalized spacial score (nSPS) is 34.6. The molecule has 0 aromatic carbocycles. The second kappa shape index (κ2) is 6.59. The van der Waals surface area contributed by atoms with Gasteiger partial charge in [-0.1, -0.05) is 0 Å². The zero-order valence-corrected chi connectivity index (χ0v) is 17.3. The summed E-state index contributed by atoms with van der Waals surface area (Å²) in [7, 11) is 0. The van der Waals surface area contributed by atoms with Crippen LogP contribution in [0.5, 0.6) is 0 Å². The van der Waals surface area contributed by atoms with Crippen LogP contribution in [0.4, 0.5) is 5.82 Å². The minimum absolute atomic E-state index is 0.00330. The lowest BCUT2D eigenvalue weighted by Crippen LogP contribution is -2.35. The second-order valence-corrected chi connectivity index (χ2v) is 11.5. The summed E-state index contributed by atoms with van der Waals surface area (Å²) >= 11 is 11.3. The van der Waals surface area contributed by atoms with E-state index in [9.17, 15) is 10.2 Å². The summed E-state index contributed by atoms with van der Waals surface area (Å²) in [5.74, 6) is 0.164. The molecular formula is C15H21ClN5O4PS.